The molecule has 6 nitrogen and oxygen atoms in total. The fourth-order valence-corrected chi connectivity index (χ4v) is 1.96. The van der Waals surface area contributed by atoms with Gasteiger partial charge in [-0.3, -0.25) is 0 Å². The molecular weight excluding hydrogens is 252 g/mol. The molecule has 1 saturated heterocycles. The Morgan fingerprint density at radius 1 is 1.58 bits per heavy atom. The van der Waals surface area contributed by atoms with E-state index < -0.39 is 30.3 Å². The minimum Gasteiger partial charge on any atom is -0.463 e. The van der Waals surface area contributed by atoms with Crippen LogP contribution in [0, 0.1) is 0 Å². The highest BCUT2D eigenvalue weighted by Gasteiger charge is 2.47. The van der Waals surface area contributed by atoms with Crippen molar-refractivity contribution < 1.29 is 28.8 Å². The first-order valence-corrected chi connectivity index (χ1v) is 6.12. The number of esters is 1. The average Bonchev–Trinajstić information content (AvgIpc) is 2.80. The molecule has 2 heterocycles. The Morgan fingerprint density at radius 3 is 2.84 bits per heavy atom. The van der Waals surface area contributed by atoms with Crippen LogP contribution in [0.5, 0.6) is 0 Å². The summed E-state index contributed by atoms with van der Waals surface area (Å²) in [5.74, 6) is -1.18. The third-order valence-corrected chi connectivity index (χ3v) is 2.81. The summed E-state index contributed by atoms with van der Waals surface area (Å²) in [6, 6.07) is 0. The second-order valence-corrected chi connectivity index (χ2v) is 4.80. The first kappa shape index (κ1) is 14.0. The minimum atomic E-state index is -1.25. The summed E-state index contributed by atoms with van der Waals surface area (Å²) in [5.41, 5.74) is -0.0765. The van der Waals surface area contributed by atoms with E-state index in [-0.39, 0.29) is 17.9 Å². The molecular formula is C13H18O6. The van der Waals surface area contributed by atoms with Crippen molar-refractivity contribution in [3.63, 3.8) is 0 Å². The molecule has 2 rings (SSSR count). The molecule has 19 heavy (non-hydrogen) atoms. The van der Waals surface area contributed by atoms with Crippen LogP contribution in [0.25, 0.3) is 0 Å². The number of hydrogen-bond acceptors (Lipinski definition) is 6. The Balaban J connectivity index is 2.01. The summed E-state index contributed by atoms with van der Waals surface area (Å²) in [6.45, 7) is 8.96. The Hall–Kier alpha value is -1.37. The van der Waals surface area contributed by atoms with E-state index in [1.54, 1.807) is 26.8 Å². The van der Waals surface area contributed by atoms with Gasteiger partial charge in [0.2, 0.25) is 6.29 Å². The van der Waals surface area contributed by atoms with Gasteiger partial charge in [-0.25, -0.2) is 4.79 Å². The van der Waals surface area contributed by atoms with Crippen LogP contribution in [0.15, 0.2) is 24.0 Å². The summed E-state index contributed by atoms with van der Waals surface area (Å²) in [7, 11) is 0. The molecule has 1 unspecified atom stereocenters. The van der Waals surface area contributed by atoms with Gasteiger partial charge < -0.3 is 24.1 Å². The number of carbonyl (C=O) groups excluding carboxylic acids is 1. The maximum atomic E-state index is 11.5. The molecule has 0 saturated carbocycles. The van der Waals surface area contributed by atoms with Crippen molar-refractivity contribution in [3.05, 3.63) is 24.0 Å². The molecule has 1 N–H and O–H groups in total. The summed E-state index contributed by atoms with van der Waals surface area (Å²) in [6.07, 6.45) is -0.654. The highest BCUT2D eigenvalue weighted by atomic mass is 16.8. The molecule has 0 radical (unpaired) electrons. The molecule has 0 spiro atoms. The smallest absolute Gasteiger partial charge is 0.336 e. The van der Waals surface area contributed by atoms with E-state index in [4.69, 9.17) is 18.9 Å². The molecule has 0 aromatic rings. The number of fused-ring (bicyclic) bond motifs is 1. The van der Waals surface area contributed by atoms with Crippen molar-refractivity contribution >= 4 is 5.97 Å². The second kappa shape index (κ2) is 4.96. The zero-order valence-corrected chi connectivity index (χ0v) is 11.2. The number of aliphatic hydroxyl groups is 1. The predicted octanol–water partition coefficient (Wildman–Crippen LogP) is 0.858. The van der Waals surface area contributed by atoms with Crippen molar-refractivity contribution in [2.24, 2.45) is 0 Å². The van der Waals surface area contributed by atoms with Crippen LogP contribution in [-0.2, 0) is 23.7 Å². The van der Waals surface area contributed by atoms with Gasteiger partial charge in [0.15, 0.2) is 5.79 Å². The zero-order valence-electron chi connectivity index (χ0n) is 11.2. The van der Waals surface area contributed by atoms with E-state index in [1.807, 2.05) is 0 Å². The topological polar surface area (TPSA) is 74.2 Å². The Kier molecular flexibility index (Phi) is 3.66. The van der Waals surface area contributed by atoms with E-state index >= 15 is 0 Å². The van der Waals surface area contributed by atoms with Gasteiger partial charge in [-0.15, -0.1) is 0 Å². The first-order valence-electron chi connectivity index (χ1n) is 6.12. The van der Waals surface area contributed by atoms with Crippen molar-refractivity contribution in [2.75, 3.05) is 6.61 Å². The molecule has 0 aromatic heterocycles. The van der Waals surface area contributed by atoms with Crippen molar-refractivity contribution in [1.29, 1.82) is 0 Å². The molecule has 106 valence electrons. The van der Waals surface area contributed by atoms with Crippen LogP contribution >= 0.6 is 0 Å². The van der Waals surface area contributed by atoms with Crippen LogP contribution in [0.1, 0.15) is 20.8 Å². The monoisotopic (exact) mass is 270 g/mol. The highest BCUT2D eigenvalue weighted by Crippen LogP contribution is 2.36. The first-order chi connectivity index (χ1) is 8.84. The maximum absolute atomic E-state index is 11.5. The van der Waals surface area contributed by atoms with Crippen LogP contribution < -0.4 is 0 Å². The van der Waals surface area contributed by atoms with Crippen LogP contribution in [0.4, 0.5) is 0 Å². The fraction of sp³-hybridized carbons (Fsp3) is 0.615. The summed E-state index contributed by atoms with van der Waals surface area (Å²) >= 11 is 0. The van der Waals surface area contributed by atoms with E-state index in [2.05, 4.69) is 6.58 Å². The predicted molar refractivity (Wildman–Crippen MR) is 64.8 cm³/mol. The van der Waals surface area contributed by atoms with Gasteiger partial charge in [0.05, 0.1) is 12.2 Å². The number of carbonyl (C=O) groups is 1. The molecule has 0 bridgehead atoms. The van der Waals surface area contributed by atoms with Crippen LogP contribution in [0.3, 0.4) is 0 Å². The zero-order chi connectivity index (χ0) is 14.2. The van der Waals surface area contributed by atoms with Crippen molar-refractivity contribution in [3.8, 4) is 0 Å². The number of ether oxygens (including phenoxy) is 4. The van der Waals surface area contributed by atoms with Crippen molar-refractivity contribution in [1.82, 2.24) is 0 Å². The lowest BCUT2D eigenvalue weighted by atomic mass is 10.1. The lowest BCUT2D eigenvalue weighted by Crippen LogP contribution is -2.26. The number of rotatable bonds is 4. The summed E-state index contributed by atoms with van der Waals surface area (Å²) in [4.78, 5) is 11.5. The third-order valence-electron chi connectivity index (χ3n) is 2.81. The van der Waals surface area contributed by atoms with Gasteiger partial charge in [0.25, 0.3) is 0 Å². The second-order valence-electron chi connectivity index (χ2n) is 4.80. The quantitative estimate of drug-likeness (QED) is 0.603. The summed E-state index contributed by atoms with van der Waals surface area (Å²) < 4.78 is 21.2. The fourth-order valence-electron chi connectivity index (χ4n) is 1.96. The van der Waals surface area contributed by atoms with E-state index in [0.717, 1.165) is 0 Å². The molecule has 0 aromatic carbocycles. The molecule has 1 fully saturated rings. The van der Waals surface area contributed by atoms with Gasteiger partial charge in [-0.2, -0.15) is 0 Å². The molecule has 2 aliphatic rings. The Bertz CT molecular complexity index is 425. The van der Waals surface area contributed by atoms with Crippen molar-refractivity contribution in [2.45, 2.75) is 45.1 Å². The van der Waals surface area contributed by atoms with Gasteiger partial charge in [0, 0.05) is 0 Å². The van der Waals surface area contributed by atoms with Gasteiger partial charge in [-0.1, -0.05) is 6.58 Å². The number of aliphatic hydroxyl groups excluding tert-OH is 1. The Labute approximate surface area is 111 Å². The Morgan fingerprint density at radius 2 is 2.26 bits per heavy atom. The van der Waals surface area contributed by atoms with E-state index in [9.17, 15) is 9.90 Å². The van der Waals surface area contributed by atoms with Gasteiger partial charge in [0.1, 0.15) is 18.0 Å². The van der Waals surface area contributed by atoms with Gasteiger partial charge in [-0.05, 0) is 26.8 Å². The average molecular weight is 270 g/mol. The molecule has 0 aliphatic carbocycles. The van der Waals surface area contributed by atoms with E-state index in [0.29, 0.717) is 0 Å². The summed E-state index contributed by atoms with van der Waals surface area (Å²) in [5, 5.41) is 10.00. The molecule has 0 amide bonds. The minimum absolute atomic E-state index is 0.0765. The standard InChI is InChI=1S/C13H18O6/c1-5-16-11(15)7(2)10(14)8-6-9-12(17-8)19-13(3,4)18-9/h6,9-10,12,14H,2,5H2,1,3-4H3/t9-,10?,12-/m0/s1. The largest absolute Gasteiger partial charge is 0.463 e. The van der Waals surface area contributed by atoms with Gasteiger partial charge >= 0.3 is 5.97 Å². The molecule has 2 aliphatic heterocycles. The lowest BCUT2D eigenvalue weighted by molar-refractivity contribution is -0.184. The molecule has 3 atom stereocenters. The maximum Gasteiger partial charge on any atom is 0.336 e. The van der Waals surface area contributed by atoms with Crippen LogP contribution in [-0.4, -0.2) is 42.0 Å². The SMILES string of the molecule is C=C(C(=O)OCC)C(O)C1=C[C@@H]2OC(C)(C)O[C@@H]2O1. The lowest BCUT2D eigenvalue weighted by Gasteiger charge is -2.20. The normalized spacial score (nSPS) is 29.2. The highest BCUT2D eigenvalue weighted by molar-refractivity contribution is 5.89. The van der Waals surface area contributed by atoms with E-state index in [1.165, 1.54) is 0 Å². The van der Waals surface area contributed by atoms with Crippen LogP contribution in [0.2, 0.25) is 0 Å². The number of hydrogen-bond donors (Lipinski definition) is 1. The molecule has 6 heteroatoms. The third kappa shape index (κ3) is 2.80.